The van der Waals surface area contributed by atoms with Gasteiger partial charge in [-0.25, -0.2) is 4.79 Å². The van der Waals surface area contributed by atoms with Gasteiger partial charge in [-0.2, -0.15) is 0 Å². The van der Waals surface area contributed by atoms with Gasteiger partial charge in [-0.1, -0.05) is 15.9 Å². The largest absolute Gasteiger partial charge is 0.480 e. The highest BCUT2D eigenvalue weighted by atomic mass is 79.9. The Kier molecular flexibility index (Phi) is 5.24. The summed E-state index contributed by atoms with van der Waals surface area (Å²) < 4.78 is 6.55. The smallest absolute Gasteiger partial charge is 0.328 e. The van der Waals surface area contributed by atoms with Crippen molar-refractivity contribution in [3.05, 3.63) is 27.1 Å². The maximum Gasteiger partial charge on any atom is 0.328 e. The van der Waals surface area contributed by atoms with Gasteiger partial charge in [0.05, 0.1) is 6.61 Å². The first-order chi connectivity index (χ1) is 7.54. The summed E-state index contributed by atoms with van der Waals surface area (Å²) in [5.74, 6) is -0.948. The van der Waals surface area contributed by atoms with Gasteiger partial charge in [0, 0.05) is 21.7 Å². The molecule has 0 fully saturated rings. The van der Waals surface area contributed by atoms with E-state index in [0.717, 1.165) is 8.95 Å². The number of carboxylic acid groups (broad SMARTS) is 1. The van der Waals surface area contributed by atoms with E-state index in [9.17, 15) is 4.79 Å². The van der Waals surface area contributed by atoms with Crippen molar-refractivity contribution >= 4 is 43.5 Å². The molecule has 1 atom stereocenters. The van der Waals surface area contributed by atoms with Crippen LogP contribution in [0.5, 0.6) is 0 Å². The van der Waals surface area contributed by atoms with Gasteiger partial charge in [-0.3, -0.25) is 0 Å². The van der Waals surface area contributed by atoms with Crippen molar-refractivity contribution in [2.75, 3.05) is 19.0 Å². The number of carbonyl (C=O) groups is 1. The molecule has 0 aliphatic heterocycles. The van der Waals surface area contributed by atoms with Crippen molar-refractivity contribution in [3.63, 3.8) is 0 Å². The predicted octanol–water partition coefficient (Wildman–Crippen LogP) is 2.72. The van der Waals surface area contributed by atoms with E-state index >= 15 is 0 Å². The van der Waals surface area contributed by atoms with E-state index in [1.165, 1.54) is 7.11 Å². The van der Waals surface area contributed by atoms with Gasteiger partial charge in [-0.15, -0.1) is 0 Å². The molecule has 1 rings (SSSR count). The molecule has 0 spiro atoms. The number of halogens is 2. The maximum absolute atomic E-state index is 10.9. The van der Waals surface area contributed by atoms with Crippen molar-refractivity contribution in [1.82, 2.24) is 0 Å². The third kappa shape index (κ3) is 3.77. The molecule has 0 saturated carbocycles. The first-order valence-corrected chi connectivity index (χ1v) is 6.06. The molecule has 0 saturated heterocycles. The molecule has 0 heterocycles. The van der Waals surface area contributed by atoms with E-state index in [2.05, 4.69) is 37.2 Å². The van der Waals surface area contributed by atoms with Gasteiger partial charge in [0.25, 0.3) is 0 Å². The first-order valence-electron chi connectivity index (χ1n) is 4.48. The molecule has 16 heavy (non-hydrogen) atoms. The van der Waals surface area contributed by atoms with Crippen LogP contribution in [-0.2, 0) is 9.53 Å². The highest BCUT2D eigenvalue weighted by Crippen LogP contribution is 2.26. The number of methoxy groups -OCH3 is 1. The summed E-state index contributed by atoms with van der Waals surface area (Å²) in [7, 11) is 1.47. The third-order valence-electron chi connectivity index (χ3n) is 1.89. The van der Waals surface area contributed by atoms with Crippen molar-refractivity contribution < 1.29 is 14.6 Å². The number of hydrogen-bond donors (Lipinski definition) is 2. The predicted molar refractivity (Wildman–Crippen MR) is 68.8 cm³/mol. The van der Waals surface area contributed by atoms with Crippen LogP contribution < -0.4 is 5.32 Å². The summed E-state index contributed by atoms with van der Waals surface area (Å²) in [5.41, 5.74) is 0.715. The topological polar surface area (TPSA) is 58.6 Å². The fourth-order valence-electron chi connectivity index (χ4n) is 1.14. The highest BCUT2D eigenvalue weighted by molar-refractivity contribution is 9.11. The van der Waals surface area contributed by atoms with E-state index in [0.29, 0.717) is 5.69 Å². The minimum atomic E-state index is -0.948. The molecule has 0 radical (unpaired) electrons. The highest BCUT2D eigenvalue weighted by Gasteiger charge is 2.17. The van der Waals surface area contributed by atoms with Crippen LogP contribution in [0.2, 0.25) is 0 Å². The lowest BCUT2D eigenvalue weighted by Crippen LogP contribution is -2.33. The lowest BCUT2D eigenvalue weighted by atomic mass is 10.2. The molecule has 0 aromatic heterocycles. The number of ether oxygens (including phenoxy) is 1. The number of rotatable bonds is 5. The molecule has 6 heteroatoms. The molecule has 1 aromatic carbocycles. The molecule has 0 amide bonds. The van der Waals surface area contributed by atoms with Gasteiger partial charge in [0.15, 0.2) is 0 Å². The van der Waals surface area contributed by atoms with Crippen LogP contribution in [0.3, 0.4) is 0 Å². The Morgan fingerprint density at radius 1 is 1.56 bits per heavy atom. The average molecular weight is 353 g/mol. The zero-order valence-corrected chi connectivity index (χ0v) is 11.7. The minimum Gasteiger partial charge on any atom is -0.480 e. The van der Waals surface area contributed by atoms with Gasteiger partial charge in [0.1, 0.15) is 6.04 Å². The fourth-order valence-corrected chi connectivity index (χ4v) is 2.30. The van der Waals surface area contributed by atoms with Gasteiger partial charge >= 0.3 is 5.97 Å². The molecule has 1 aromatic rings. The van der Waals surface area contributed by atoms with Crippen LogP contribution in [-0.4, -0.2) is 30.8 Å². The normalized spacial score (nSPS) is 12.2. The van der Waals surface area contributed by atoms with Crippen LogP contribution in [0.15, 0.2) is 27.1 Å². The van der Waals surface area contributed by atoms with Crippen LogP contribution in [0, 0.1) is 0 Å². The van der Waals surface area contributed by atoms with E-state index in [1.54, 1.807) is 6.07 Å². The van der Waals surface area contributed by atoms with E-state index < -0.39 is 12.0 Å². The number of aliphatic carboxylic acids is 1. The summed E-state index contributed by atoms with van der Waals surface area (Å²) in [6.45, 7) is 0.109. The Hall–Kier alpha value is -0.590. The Balaban J connectivity index is 2.81. The molecule has 1 unspecified atom stereocenters. The van der Waals surface area contributed by atoms with Crippen LogP contribution in [0.1, 0.15) is 0 Å². The van der Waals surface area contributed by atoms with Crippen molar-refractivity contribution in [2.24, 2.45) is 0 Å². The van der Waals surface area contributed by atoms with E-state index in [-0.39, 0.29) is 6.61 Å². The monoisotopic (exact) mass is 351 g/mol. The molecule has 0 bridgehead atoms. The second-order valence-corrected chi connectivity index (χ2v) is 4.88. The lowest BCUT2D eigenvalue weighted by Gasteiger charge is -2.16. The second-order valence-electron chi connectivity index (χ2n) is 3.11. The molecular weight excluding hydrogens is 342 g/mol. The number of anilines is 1. The Labute approximate surface area is 110 Å². The Morgan fingerprint density at radius 2 is 2.25 bits per heavy atom. The SMILES string of the molecule is COCC(Nc1ccc(Br)cc1Br)C(=O)O. The summed E-state index contributed by atoms with van der Waals surface area (Å²) in [6.07, 6.45) is 0. The van der Waals surface area contributed by atoms with E-state index in [4.69, 9.17) is 9.84 Å². The van der Waals surface area contributed by atoms with Crippen LogP contribution in [0.4, 0.5) is 5.69 Å². The summed E-state index contributed by atoms with van der Waals surface area (Å²) >= 11 is 6.67. The maximum atomic E-state index is 10.9. The molecule has 0 aliphatic carbocycles. The van der Waals surface area contributed by atoms with Crippen LogP contribution in [0.25, 0.3) is 0 Å². The van der Waals surface area contributed by atoms with Gasteiger partial charge < -0.3 is 15.2 Å². The Morgan fingerprint density at radius 3 is 2.75 bits per heavy atom. The molecule has 0 aliphatic rings. The second kappa shape index (κ2) is 6.22. The molecule has 4 nitrogen and oxygen atoms in total. The van der Waals surface area contributed by atoms with Gasteiger partial charge in [0.2, 0.25) is 0 Å². The fraction of sp³-hybridized carbons (Fsp3) is 0.300. The lowest BCUT2D eigenvalue weighted by molar-refractivity contribution is -0.139. The van der Waals surface area contributed by atoms with Crippen molar-refractivity contribution in [1.29, 1.82) is 0 Å². The standard InChI is InChI=1S/C10H11Br2NO3/c1-16-5-9(10(14)15)13-8-3-2-6(11)4-7(8)12/h2-4,9,13H,5H2,1H3,(H,14,15). The molecule has 88 valence electrons. The Bertz CT molecular complexity index is 384. The third-order valence-corrected chi connectivity index (χ3v) is 3.04. The van der Waals surface area contributed by atoms with E-state index in [1.807, 2.05) is 12.1 Å². The summed E-state index contributed by atoms with van der Waals surface area (Å²) in [4.78, 5) is 10.9. The minimum absolute atomic E-state index is 0.109. The van der Waals surface area contributed by atoms with Gasteiger partial charge in [-0.05, 0) is 34.1 Å². The zero-order valence-electron chi connectivity index (χ0n) is 8.54. The van der Waals surface area contributed by atoms with Crippen molar-refractivity contribution in [3.8, 4) is 0 Å². The molecular formula is C10H11Br2NO3. The number of hydrogen-bond acceptors (Lipinski definition) is 3. The average Bonchev–Trinajstić information content (AvgIpc) is 2.20. The van der Waals surface area contributed by atoms with Crippen molar-refractivity contribution in [2.45, 2.75) is 6.04 Å². The van der Waals surface area contributed by atoms with Crippen LogP contribution >= 0.6 is 31.9 Å². The summed E-state index contributed by atoms with van der Waals surface area (Å²) in [6, 6.07) is 4.70. The zero-order chi connectivity index (χ0) is 12.1. The number of benzene rings is 1. The number of nitrogens with one attached hydrogen (secondary N) is 1. The number of carboxylic acids is 1. The molecule has 2 N–H and O–H groups in total. The quantitative estimate of drug-likeness (QED) is 0.855. The first kappa shape index (κ1) is 13.5. The summed E-state index contributed by atoms with van der Waals surface area (Å²) in [5, 5.41) is 11.8.